The first-order valence-corrected chi connectivity index (χ1v) is 5.88. The quantitative estimate of drug-likeness (QED) is 0.466. The summed E-state index contributed by atoms with van der Waals surface area (Å²) in [6.45, 7) is 0.442. The molecule has 19 heavy (non-hydrogen) atoms. The summed E-state index contributed by atoms with van der Waals surface area (Å²) in [6.07, 6.45) is 0. The highest BCUT2D eigenvalue weighted by atomic mass is 32.2. The average Bonchev–Trinajstić information content (AvgIpc) is 2.38. The van der Waals surface area contributed by atoms with E-state index in [1.165, 1.54) is 0 Å². The van der Waals surface area contributed by atoms with Crippen LogP contribution in [0.3, 0.4) is 0 Å². The molecule has 0 saturated carbocycles. The number of benzene rings is 1. The van der Waals surface area contributed by atoms with E-state index < -0.39 is 10.2 Å². The van der Waals surface area contributed by atoms with Crippen LogP contribution in [0.5, 0.6) is 0 Å². The van der Waals surface area contributed by atoms with Gasteiger partial charge in [-0.25, -0.2) is 8.42 Å². The van der Waals surface area contributed by atoms with Gasteiger partial charge in [-0.2, -0.15) is 0 Å². The first-order chi connectivity index (χ1) is 9.05. The van der Waals surface area contributed by atoms with Gasteiger partial charge in [0, 0.05) is 23.8 Å². The van der Waals surface area contributed by atoms with Crippen molar-refractivity contribution in [3.05, 3.63) is 67.2 Å². The summed E-state index contributed by atoms with van der Waals surface area (Å²) in [5, 5.41) is 3.42. The van der Waals surface area contributed by atoms with Gasteiger partial charge in [-0.3, -0.25) is 0 Å². The van der Waals surface area contributed by atoms with Crippen molar-refractivity contribution in [3.63, 3.8) is 0 Å². The molecule has 0 unspecified atom stereocenters. The lowest BCUT2D eigenvalue weighted by atomic mass is 10.2. The Labute approximate surface area is 107 Å². The fraction of sp³-hybridized carbons (Fsp3) is 0.143. The number of hydrogen-bond donors (Lipinski definition) is 0. The van der Waals surface area contributed by atoms with Crippen molar-refractivity contribution in [2.45, 2.75) is 6.54 Å². The van der Waals surface area contributed by atoms with Gasteiger partial charge in [0.2, 0.25) is 0 Å². The molecule has 0 aliphatic rings. The minimum Gasteiger partial charge on any atom is -0.213 e. The molecule has 0 saturated heterocycles. The molecule has 0 heterocycles. The van der Waals surface area contributed by atoms with E-state index in [2.05, 4.69) is 19.1 Å². The topological polar surface area (TPSA) is 180 Å². The Morgan fingerprint density at radius 1 is 0.947 bits per heavy atom. The van der Waals surface area contributed by atoms with Crippen LogP contribution in [-0.4, -0.2) is 8.42 Å². The van der Waals surface area contributed by atoms with E-state index in [4.69, 9.17) is 16.6 Å². The van der Waals surface area contributed by atoms with Crippen LogP contribution in [0.1, 0.15) is 5.56 Å². The Balaban J connectivity index is 0.000000344. The second-order valence-corrected chi connectivity index (χ2v) is 3.89. The number of nitrogens with zero attached hydrogens (tertiary/aromatic N) is 9. The molecule has 0 N–H and O–H groups in total. The third kappa shape index (κ3) is 8.86. The van der Waals surface area contributed by atoms with Crippen molar-refractivity contribution in [1.82, 2.24) is 0 Å². The van der Waals surface area contributed by atoms with Crippen LogP contribution in [0.4, 0.5) is 0 Å². The van der Waals surface area contributed by atoms with E-state index in [0.29, 0.717) is 6.54 Å². The Morgan fingerprint density at radius 2 is 1.47 bits per heavy atom. The maximum atomic E-state index is 9.99. The molecule has 0 aliphatic heterocycles. The molecule has 0 aliphatic carbocycles. The molecule has 1 aromatic carbocycles. The van der Waals surface area contributed by atoms with Gasteiger partial charge >= 0.3 is 10.2 Å². The Bertz CT molecular complexity index is 612. The van der Waals surface area contributed by atoms with Gasteiger partial charge < -0.3 is 0 Å². The van der Waals surface area contributed by atoms with Gasteiger partial charge in [-0.1, -0.05) is 35.4 Å². The highest BCUT2D eigenvalue weighted by Crippen LogP contribution is 1.99. The zero-order valence-electron chi connectivity index (χ0n) is 9.34. The maximum absolute atomic E-state index is 9.99. The highest BCUT2D eigenvalue weighted by molar-refractivity contribution is 7.88. The number of rotatable bonds is 4. The third-order valence-electron chi connectivity index (χ3n) is 1.44. The van der Waals surface area contributed by atoms with Crippen LogP contribution in [-0.2, 0) is 16.8 Å². The molecule has 1 rings (SSSR count). The van der Waals surface area contributed by atoms with E-state index in [1.807, 2.05) is 40.2 Å². The molecule has 0 amide bonds. The summed E-state index contributed by atoms with van der Waals surface area (Å²) in [6, 6.07) is 9.62. The van der Waals surface area contributed by atoms with Crippen LogP contribution in [0.25, 0.3) is 31.3 Å². The van der Waals surface area contributed by atoms with Crippen molar-refractivity contribution in [3.8, 4) is 0 Å². The first-order valence-electron chi connectivity index (χ1n) is 4.48. The molecule has 12 heteroatoms. The van der Waals surface area contributed by atoms with Gasteiger partial charge in [0.25, 0.3) is 0 Å². The summed E-state index contributed by atoms with van der Waals surface area (Å²) in [5.74, 6) is 0. The predicted octanol–water partition coefficient (Wildman–Crippen LogP) is 3.35. The number of hydrogen-bond acceptors (Lipinski definition) is 3. The van der Waals surface area contributed by atoms with Gasteiger partial charge in [0.05, 0.1) is 6.54 Å². The van der Waals surface area contributed by atoms with Gasteiger partial charge in [0.15, 0.2) is 0 Å². The van der Waals surface area contributed by atoms with Crippen molar-refractivity contribution >= 4 is 10.2 Å². The SMILES string of the molecule is [N-]=[N+]=NCc1ccccc1.[N-]=[N+]=NS(=O)(=O)N=[N+]=[N-]. The summed E-state index contributed by atoms with van der Waals surface area (Å²) in [5.41, 5.74) is 24.1. The lowest BCUT2D eigenvalue weighted by Gasteiger charge is -1.90. The standard InChI is InChI=1S/C7H7N3.N6O2S/c8-10-9-6-7-4-2-1-3-5-7;1-3-5-9(7,8)6-4-2/h1-5H,6H2;. The first kappa shape index (κ1) is 16.1. The molecule has 0 spiro atoms. The van der Waals surface area contributed by atoms with Gasteiger partial charge in [-0.05, 0) is 22.2 Å². The Hall–Kier alpha value is -2.90. The minimum atomic E-state index is -4.27. The fourth-order valence-electron chi connectivity index (χ4n) is 0.805. The van der Waals surface area contributed by atoms with Crippen LogP contribution >= 0.6 is 0 Å². The van der Waals surface area contributed by atoms with Crippen LogP contribution in [0.2, 0.25) is 0 Å². The summed E-state index contributed by atoms with van der Waals surface area (Å²) in [7, 11) is -4.27. The van der Waals surface area contributed by atoms with Crippen LogP contribution in [0.15, 0.2) is 44.5 Å². The lowest BCUT2D eigenvalue weighted by Crippen LogP contribution is -1.82. The summed E-state index contributed by atoms with van der Waals surface area (Å²) >= 11 is 0. The monoisotopic (exact) mass is 281 g/mol. The molecule has 0 bridgehead atoms. The zero-order chi connectivity index (χ0) is 14.6. The normalized spacial score (nSPS) is 8.63. The second kappa shape index (κ2) is 9.16. The second-order valence-electron chi connectivity index (χ2n) is 2.66. The Morgan fingerprint density at radius 3 is 1.89 bits per heavy atom. The van der Waals surface area contributed by atoms with E-state index >= 15 is 0 Å². The predicted molar refractivity (Wildman–Crippen MR) is 66.5 cm³/mol. The molecule has 0 aromatic heterocycles. The van der Waals surface area contributed by atoms with Crippen molar-refractivity contribution in [2.75, 3.05) is 0 Å². The van der Waals surface area contributed by atoms with Gasteiger partial charge in [-0.15, -0.1) is 0 Å². The van der Waals surface area contributed by atoms with Crippen LogP contribution < -0.4 is 0 Å². The molecule has 11 nitrogen and oxygen atoms in total. The molecular weight excluding hydrogens is 274 g/mol. The van der Waals surface area contributed by atoms with E-state index in [1.54, 1.807) is 0 Å². The van der Waals surface area contributed by atoms with Crippen molar-refractivity contribution in [2.24, 2.45) is 14.2 Å². The van der Waals surface area contributed by atoms with Crippen molar-refractivity contribution in [1.29, 1.82) is 0 Å². The summed E-state index contributed by atoms with van der Waals surface area (Å²) < 4.78 is 24.3. The Kier molecular flexibility index (Phi) is 7.76. The molecule has 98 valence electrons. The molecular formula is C7H7N9O2S. The number of azide groups is 2. The minimum absolute atomic E-state index is 0.442. The van der Waals surface area contributed by atoms with E-state index in [0.717, 1.165) is 5.56 Å². The van der Waals surface area contributed by atoms with Crippen molar-refractivity contribution < 1.29 is 8.42 Å². The summed E-state index contributed by atoms with van der Waals surface area (Å²) in [4.78, 5) is 6.45. The smallest absolute Gasteiger partial charge is 0.213 e. The lowest BCUT2D eigenvalue weighted by molar-refractivity contribution is 0.599. The fourth-order valence-corrected chi connectivity index (χ4v) is 1.02. The molecule has 0 radical (unpaired) electrons. The van der Waals surface area contributed by atoms with E-state index in [-0.39, 0.29) is 0 Å². The zero-order valence-corrected chi connectivity index (χ0v) is 10.2. The third-order valence-corrected chi connectivity index (χ3v) is 2.00. The van der Waals surface area contributed by atoms with E-state index in [9.17, 15) is 8.42 Å². The molecule has 0 fully saturated rings. The largest absolute Gasteiger partial charge is 0.321 e. The molecule has 0 atom stereocenters. The van der Waals surface area contributed by atoms with Crippen LogP contribution in [0, 0.1) is 0 Å². The average molecular weight is 281 g/mol. The molecule has 1 aromatic rings. The van der Waals surface area contributed by atoms with Gasteiger partial charge in [0.1, 0.15) is 0 Å². The highest BCUT2D eigenvalue weighted by Gasteiger charge is 1.99. The maximum Gasteiger partial charge on any atom is 0.321 e.